The second-order valence-corrected chi connectivity index (χ2v) is 7.36. The van der Waals surface area contributed by atoms with Crippen molar-refractivity contribution >= 4 is 21.8 Å². The minimum absolute atomic E-state index is 0.0885. The molecule has 0 atom stereocenters. The number of sulfonamides is 1. The zero-order valence-corrected chi connectivity index (χ0v) is 12.7. The molecule has 1 rings (SSSR count). The predicted molar refractivity (Wildman–Crippen MR) is 75.0 cm³/mol. The highest BCUT2D eigenvalue weighted by atomic mass is 32.2. The fourth-order valence-corrected chi connectivity index (χ4v) is 2.08. The van der Waals surface area contributed by atoms with E-state index in [9.17, 15) is 13.2 Å². The molecule has 0 fully saturated rings. The Morgan fingerprint density at radius 1 is 1.40 bits per heavy atom. The van der Waals surface area contributed by atoms with Gasteiger partial charge in [0.05, 0.1) is 5.41 Å². The lowest BCUT2D eigenvalue weighted by Crippen LogP contribution is -2.32. The predicted octanol–water partition coefficient (Wildman–Crippen LogP) is 0.855. The zero-order valence-electron chi connectivity index (χ0n) is 11.9. The van der Waals surface area contributed by atoms with Crippen LogP contribution in [0.2, 0.25) is 0 Å². The first kappa shape index (κ1) is 16.4. The SMILES string of the molecule is CN(C)S(=O)(=O)c1ccc(NCC(C)(C)C(=O)O)nc1. The molecule has 2 N–H and O–H groups in total. The van der Waals surface area contributed by atoms with Gasteiger partial charge < -0.3 is 10.4 Å². The second-order valence-electron chi connectivity index (χ2n) is 5.21. The number of nitrogens with one attached hydrogen (secondary N) is 1. The van der Waals surface area contributed by atoms with Crippen molar-refractivity contribution in [3.63, 3.8) is 0 Å². The van der Waals surface area contributed by atoms with Gasteiger partial charge in [0.1, 0.15) is 10.7 Å². The summed E-state index contributed by atoms with van der Waals surface area (Å²) in [5, 5.41) is 11.9. The normalized spacial score (nSPS) is 12.4. The molecule has 8 heteroatoms. The summed E-state index contributed by atoms with van der Waals surface area (Å²) in [6.07, 6.45) is 1.24. The van der Waals surface area contributed by atoms with Crippen molar-refractivity contribution in [3.8, 4) is 0 Å². The third kappa shape index (κ3) is 3.67. The number of aromatic nitrogens is 1. The maximum absolute atomic E-state index is 11.8. The van der Waals surface area contributed by atoms with Crippen molar-refractivity contribution in [1.29, 1.82) is 0 Å². The van der Waals surface area contributed by atoms with Crippen LogP contribution in [-0.2, 0) is 14.8 Å². The first-order valence-corrected chi connectivity index (χ1v) is 7.37. The molecule has 112 valence electrons. The number of anilines is 1. The molecule has 0 aliphatic heterocycles. The molecule has 20 heavy (non-hydrogen) atoms. The van der Waals surface area contributed by atoms with E-state index >= 15 is 0 Å². The second kappa shape index (κ2) is 5.76. The van der Waals surface area contributed by atoms with Crippen LogP contribution in [0.5, 0.6) is 0 Å². The van der Waals surface area contributed by atoms with Crippen molar-refractivity contribution in [2.75, 3.05) is 26.0 Å². The molecule has 0 aliphatic carbocycles. The number of carbonyl (C=O) groups is 1. The summed E-state index contributed by atoms with van der Waals surface area (Å²) in [4.78, 5) is 15.0. The topological polar surface area (TPSA) is 99.6 Å². The fourth-order valence-electron chi connectivity index (χ4n) is 1.24. The van der Waals surface area contributed by atoms with Gasteiger partial charge in [0, 0.05) is 26.8 Å². The van der Waals surface area contributed by atoms with Crippen molar-refractivity contribution in [2.24, 2.45) is 5.41 Å². The van der Waals surface area contributed by atoms with Crippen LogP contribution in [0.1, 0.15) is 13.8 Å². The van der Waals surface area contributed by atoms with Gasteiger partial charge in [-0.05, 0) is 26.0 Å². The molecule has 1 heterocycles. The number of rotatable bonds is 6. The van der Waals surface area contributed by atoms with Crippen molar-refractivity contribution < 1.29 is 18.3 Å². The molecule has 0 unspecified atom stereocenters. The van der Waals surface area contributed by atoms with E-state index in [4.69, 9.17) is 5.11 Å². The van der Waals surface area contributed by atoms with E-state index in [1.807, 2.05) is 0 Å². The van der Waals surface area contributed by atoms with Crippen LogP contribution < -0.4 is 5.32 Å². The van der Waals surface area contributed by atoms with Gasteiger partial charge in [0.25, 0.3) is 0 Å². The maximum Gasteiger partial charge on any atom is 0.310 e. The first-order valence-electron chi connectivity index (χ1n) is 5.93. The van der Waals surface area contributed by atoms with Gasteiger partial charge in [0.2, 0.25) is 10.0 Å². The highest BCUT2D eigenvalue weighted by Gasteiger charge is 2.27. The van der Waals surface area contributed by atoms with E-state index in [0.717, 1.165) is 4.31 Å². The number of aliphatic carboxylic acids is 1. The van der Waals surface area contributed by atoms with E-state index in [2.05, 4.69) is 10.3 Å². The highest BCUT2D eigenvalue weighted by molar-refractivity contribution is 7.89. The summed E-state index contributed by atoms with van der Waals surface area (Å²) in [5.41, 5.74) is -0.934. The Hall–Kier alpha value is -1.67. The molecule has 0 aromatic carbocycles. The van der Waals surface area contributed by atoms with Crippen LogP contribution >= 0.6 is 0 Å². The van der Waals surface area contributed by atoms with Crippen LogP contribution in [-0.4, -0.2) is 49.4 Å². The molecule has 0 saturated carbocycles. The van der Waals surface area contributed by atoms with Crippen LogP contribution in [0.4, 0.5) is 5.82 Å². The molecule has 0 radical (unpaired) electrons. The van der Waals surface area contributed by atoms with Gasteiger partial charge in [-0.1, -0.05) is 0 Å². The molecule has 0 spiro atoms. The molecule has 0 saturated heterocycles. The third-order valence-corrected chi connectivity index (χ3v) is 4.60. The Balaban J connectivity index is 2.81. The number of nitrogens with zero attached hydrogens (tertiary/aromatic N) is 2. The largest absolute Gasteiger partial charge is 0.481 e. The average Bonchev–Trinajstić information content (AvgIpc) is 2.36. The number of hydrogen-bond donors (Lipinski definition) is 2. The molecule has 1 aromatic rings. The van der Waals surface area contributed by atoms with Gasteiger partial charge in [-0.25, -0.2) is 17.7 Å². The Morgan fingerprint density at radius 2 is 2.00 bits per heavy atom. The number of pyridine rings is 1. The van der Waals surface area contributed by atoms with Crippen LogP contribution in [0.15, 0.2) is 23.2 Å². The Labute approximate surface area is 118 Å². The average molecular weight is 301 g/mol. The van der Waals surface area contributed by atoms with Gasteiger partial charge in [-0.15, -0.1) is 0 Å². The van der Waals surface area contributed by atoms with Gasteiger partial charge in [-0.3, -0.25) is 4.79 Å². The lowest BCUT2D eigenvalue weighted by Gasteiger charge is -2.20. The van der Waals surface area contributed by atoms with E-state index in [1.54, 1.807) is 13.8 Å². The highest BCUT2D eigenvalue weighted by Crippen LogP contribution is 2.18. The van der Waals surface area contributed by atoms with Crippen LogP contribution in [0, 0.1) is 5.41 Å². The number of hydrogen-bond acceptors (Lipinski definition) is 5. The Bertz CT molecular complexity index is 579. The molecular formula is C12H19N3O4S. The minimum Gasteiger partial charge on any atom is -0.481 e. The van der Waals surface area contributed by atoms with E-state index < -0.39 is 21.4 Å². The Morgan fingerprint density at radius 3 is 2.40 bits per heavy atom. The van der Waals surface area contributed by atoms with Gasteiger partial charge >= 0.3 is 5.97 Å². The summed E-state index contributed by atoms with van der Waals surface area (Å²) in [6.45, 7) is 3.37. The Kier molecular flexibility index (Phi) is 4.72. The summed E-state index contributed by atoms with van der Waals surface area (Å²) >= 11 is 0. The van der Waals surface area contributed by atoms with Gasteiger partial charge in [-0.2, -0.15) is 0 Å². The third-order valence-electron chi connectivity index (χ3n) is 2.81. The smallest absolute Gasteiger partial charge is 0.310 e. The quantitative estimate of drug-likeness (QED) is 0.808. The van der Waals surface area contributed by atoms with Crippen molar-refractivity contribution in [3.05, 3.63) is 18.3 Å². The number of carboxylic acids is 1. The van der Waals surface area contributed by atoms with Crippen molar-refractivity contribution in [1.82, 2.24) is 9.29 Å². The standard InChI is InChI=1S/C12H19N3O4S/c1-12(2,11(16)17)8-14-10-6-5-9(7-13-10)20(18,19)15(3)4/h5-7H,8H2,1-4H3,(H,13,14)(H,16,17). The fraction of sp³-hybridized carbons (Fsp3) is 0.500. The molecule has 1 aromatic heterocycles. The zero-order chi connectivity index (χ0) is 15.6. The minimum atomic E-state index is -3.50. The summed E-state index contributed by atoms with van der Waals surface area (Å²) in [7, 11) is -0.619. The van der Waals surface area contributed by atoms with Crippen molar-refractivity contribution in [2.45, 2.75) is 18.7 Å². The maximum atomic E-state index is 11.8. The van der Waals surface area contributed by atoms with Gasteiger partial charge in [0.15, 0.2) is 0 Å². The molecule has 0 aliphatic rings. The molecular weight excluding hydrogens is 282 g/mol. The lowest BCUT2D eigenvalue weighted by atomic mass is 9.94. The molecule has 0 amide bonds. The summed E-state index contributed by atoms with van der Waals surface area (Å²) in [5.74, 6) is -0.492. The summed E-state index contributed by atoms with van der Waals surface area (Å²) < 4.78 is 24.8. The first-order chi connectivity index (χ1) is 9.07. The molecule has 0 bridgehead atoms. The van der Waals surface area contributed by atoms with Crippen LogP contribution in [0.3, 0.4) is 0 Å². The van der Waals surface area contributed by atoms with E-state index in [1.165, 1.54) is 32.4 Å². The van der Waals surface area contributed by atoms with E-state index in [-0.39, 0.29) is 11.4 Å². The van der Waals surface area contributed by atoms with Crippen LogP contribution in [0.25, 0.3) is 0 Å². The lowest BCUT2D eigenvalue weighted by molar-refractivity contribution is -0.146. The summed E-state index contributed by atoms with van der Waals surface area (Å²) in [6, 6.07) is 2.94. The molecule has 7 nitrogen and oxygen atoms in total. The van der Waals surface area contributed by atoms with E-state index in [0.29, 0.717) is 5.82 Å². The number of carboxylic acid groups (broad SMARTS) is 1. The monoisotopic (exact) mass is 301 g/mol.